The number of carbonyl (C=O) groups is 1. The van der Waals surface area contributed by atoms with Crippen LogP contribution in [0.4, 0.5) is 13.2 Å². The number of carboxylic acids is 1. The normalized spacial score (nSPS) is 13.4. The molecule has 3 nitrogen and oxygen atoms in total. The summed E-state index contributed by atoms with van der Waals surface area (Å²) in [4.78, 5) is 11.0. The highest BCUT2D eigenvalue weighted by atomic mass is 32.2. The first-order chi connectivity index (χ1) is 7.82. The zero-order chi connectivity index (χ0) is 13.1. The summed E-state index contributed by atoms with van der Waals surface area (Å²) in [6.07, 6.45) is -7.15. The molecule has 0 bridgehead atoms. The summed E-state index contributed by atoms with van der Waals surface area (Å²) in [7, 11) is 0. The Morgan fingerprint density at radius 3 is 2.47 bits per heavy atom. The fourth-order valence-electron chi connectivity index (χ4n) is 1.03. The molecular weight excluding hydrogens is 257 g/mol. The molecular formula is C10H9F3O3S. The number of aliphatic hydroxyl groups is 1. The molecule has 0 saturated carbocycles. The first kappa shape index (κ1) is 13.9. The standard InChI is InChI=1S/C10H9F3O3S/c11-10(12,13)8(14)5-17-7-4-2-1-3-6(7)9(15)16/h1-4,8,14H,5H2,(H,15,16)/t8-/m0/s1. The summed E-state index contributed by atoms with van der Waals surface area (Å²) in [5.41, 5.74) is -0.0770. The van der Waals surface area contributed by atoms with Crippen LogP contribution >= 0.6 is 11.8 Å². The largest absolute Gasteiger partial charge is 0.478 e. The summed E-state index contributed by atoms with van der Waals surface area (Å²) >= 11 is 0.660. The van der Waals surface area contributed by atoms with Gasteiger partial charge in [0.25, 0.3) is 0 Å². The van der Waals surface area contributed by atoms with Crippen LogP contribution in [-0.4, -0.2) is 34.2 Å². The molecule has 0 aliphatic heterocycles. The van der Waals surface area contributed by atoms with E-state index < -0.39 is 24.0 Å². The Hall–Kier alpha value is -1.21. The van der Waals surface area contributed by atoms with E-state index in [0.717, 1.165) is 0 Å². The van der Waals surface area contributed by atoms with Crippen molar-refractivity contribution in [1.29, 1.82) is 0 Å². The van der Waals surface area contributed by atoms with E-state index in [0.29, 0.717) is 11.8 Å². The Kier molecular flexibility index (Phi) is 4.41. The number of thioether (sulfide) groups is 1. The Bertz CT molecular complexity index is 406. The van der Waals surface area contributed by atoms with Crippen LogP contribution in [0.2, 0.25) is 0 Å². The molecule has 0 spiro atoms. The number of aliphatic hydroxyl groups excluding tert-OH is 1. The molecule has 0 radical (unpaired) electrons. The topological polar surface area (TPSA) is 57.5 Å². The van der Waals surface area contributed by atoms with Gasteiger partial charge in [-0.1, -0.05) is 12.1 Å². The number of carboxylic acid groups (broad SMARTS) is 1. The summed E-state index contributed by atoms with van der Waals surface area (Å²) < 4.78 is 36.1. The molecule has 0 amide bonds. The van der Waals surface area contributed by atoms with E-state index in [4.69, 9.17) is 10.2 Å². The van der Waals surface area contributed by atoms with Crippen molar-refractivity contribution in [3.8, 4) is 0 Å². The van der Waals surface area contributed by atoms with Crippen LogP contribution in [0.1, 0.15) is 10.4 Å². The van der Waals surface area contributed by atoms with Crippen LogP contribution in [0.15, 0.2) is 29.2 Å². The lowest BCUT2D eigenvalue weighted by Gasteiger charge is -2.14. The molecule has 0 heterocycles. The highest BCUT2D eigenvalue weighted by molar-refractivity contribution is 7.99. The van der Waals surface area contributed by atoms with Gasteiger partial charge in [0.2, 0.25) is 0 Å². The molecule has 0 aliphatic carbocycles. The Labute approximate surface area is 99.3 Å². The third-order valence-electron chi connectivity index (χ3n) is 1.89. The Balaban J connectivity index is 2.73. The predicted molar refractivity (Wildman–Crippen MR) is 56.2 cm³/mol. The van der Waals surface area contributed by atoms with E-state index in [9.17, 15) is 18.0 Å². The zero-order valence-electron chi connectivity index (χ0n) is 8.44. The zero-order valence-corrected chi connectivity index (χ0v) is 9.26. The highest BCUT2D eigenvalue weighted by Crippen LogP contribution is 2.28. The van der Waals surface area contributed by atoms with Crippen molar-refractivity contribution in [1.82, 2.24) is 0 Å². The lowest BCUT2D eigenvalue weighted by atomic mass is 10.2. The van der Waals surface area contributed by atoms with E-state index in [1.807, 2.05) is 0 Å². The molecule has 1 aromatic carbocycles. The van der Waals surface area contributed by atoms with Gasteiger partial charge in [-0.05, 0) is 12.1 Å². The summed E-state index contributed by atoms with van der Waals surface area (Å²) in [6, 6.07) is 5.70. The smallest absolute Gasteiger partial charge is 0.415 e. The number of aromatic carboxylic acids is 1. The van der Waals surface area contributed by atoms with Crippen molar-refractivity contribution in [3.05, 3.63) is 29.8 Å². The van der Waals surface area contributed by atoms with Crippen molar-refractivity contribution in [2.75, 3.05) is 5.75 Å². The fourth-order valence-corrected chi connectivity index (χ4v) is 2.04. The highest BCUT2D eigenvalue weighted by Gasteiger charge is 2.38. The van der Waals surface area contributed by atoms with Crippen LogP contribution in [0.5, 0.6) is 0 Å². The minimum absolute atomic E-state index is 0.0770. The SMILES string of the molecule is O=C(O)c1ccccc1SC[C@H](O)C(F)(F)F. The number of benzene rings is 1. The second kappa shape index (κ2) is 5.42. The lowest BCUT2D eigenvalue weighted by molar-refractivity contribution is -0.195. The molecule has 7 heteroatoms. The Morgan fingerprint density at radius 2 is 1.94 bits per heavy atom. The maximum atomic E-state index is 12.0. The van der Waals surface area contributed by atoms with Crippen LogP contribution < -0.4 is 0 Å². The molecule has 0 saturated heterocycles. The van der Waals surface area contributed by atoms with E-state index in [1.54, 1.807) is 0 Å². The molecule has 1 aromatic rings. The van der Waals surface area contributed by atoms with Crippen LogP contribution in [-0.2, 0) is 0 Å². The monoisotopic (exact) mass is 266 g/mol. The van der Waals surface area contributed by atoms with Crippen molar-refractivity contribution >= 4 is 17.7 Å². The predicted octanol–water partition coefficient (Wildman–Crippen LogP) is 2.40. The van der Waals surface area contributed by atoms with Gasteiger partial charge < -0.3 is 10.2 Å². The van der Waals surface area contributed by atoms with Crippen molar-refractivity contribution in [2.24, 2.45) is 0 Å². The first-order valence-corrected chi connectivity index (χ1v) is 5.51. The van der Waals surface area contributed by atoms with Crippen molar-refractivity contribution in [3.63, 3.8) is 0 Å². The van der Waals surface area contributed by atoms with Gasteiger partial charge in [0.15, 0.2) is 6.10 Å². The molecule has 1 rings (SSSR count). The lowest BCUT2D eigenvalue weighted by Crippen LogP contribution is -2.30. The van der Waals surface area contributed by atoms with Gasteiger partial charge in [-0.15, -0.1) is 11.8 Å². The molecule has 17 heavy (non-hydrogen) atoms. The second-order valence-corrected chi connectivity index (χ2v) is 4.23. The Morgan fingerprint density at radius 1 is 1.35 bits per heavy atom. The van der Waals surface area contributed by atoms with Crippen LogP contribution in [0, 0.1) is 0 Å². The van der Waals surface area contributed by atoms with Gasteiger partial charge in [-0.3, -0.25) is 0 Å². The maximum absolute atomic E-state index is 12.0. The van der Waals surface area contributed by atoms with Gasteiger partial charge in [0, 0.05) is 10.6 Å². The van der Waals surface area contributed by atoms with Gasteiger partial charge in [-0.2, -0.15) is 13.2 Å². The summed E-state index contributed by atoms with van der Waals surface area (Å²) in [5, 5.41) is 17.6. The average molecular weight is 266 g/mol. The van der Waals surface area contributed by atoms with Gasteiger partial charge in [0.1, 0.15) is 0 Å². The van der Waals surface area contributed by atoms with Gasteiger partial charge >= 0.3 is 12.1 Å². The molecule has 1 atom stereocenters. The summed E-state index contributed by atoms with van der Waals surface area (Å²) in [6.45, 7) is 0. The molecule has 0 aliphatic rings. The summed E-state index contributed by atoms with van der Waals surface area (Å²) in [5.74, 6) is -1.84. The first-order valence-electron chi connectivity index (χ1n) is 4.52. The van der Waals surface area contributed by atoms with Crippen molar-refractivity contribution < 1.29 is 28.2 Å². The number of alkyl halides is 3. The minimum Gasteiger partial charge on any atom is -0.478 e. The number of halogens is 3. The van der Waals surface area contributed by atoms with Crippen LogP contribution in [0.25, 0.3) is 0 Å². The maximum Gasteiger partial charge on any atom is 0.415 e. The molecule has 0 aromatic heterocycles. The molecule has 0 fully saturated rings. The molecule has 94 valence electrons. The van der Waals surface area contributed by atoms with E-state index in [1.165, 1.54) is 24.3 Å². The fraction of sp³-hybridized carbons (Fsp3) is 0.300. The number of rotatable bonds is 4. The van der Waals surface area contributed by atoms with E-state index in [-0.39, 0.29) is 10.5 Å². The third kappa shape index (κ3) is 3.94. The minimum atomic E-state index is -4.69. The van der Waals surface area contributed by atoms with Crippen LogP contribution in [0.3, 0.4) is 0 Å². The van der Waals surface area contributed by atoms with E-state index >= 15 is 0 Å². The second-order valence-electron chi connectivity index (χ2n) is 3.17. The average Bonchev–Trinajstić information content (AvgIpc) is 2.24. The molecule has 0 unspecified atom stereocenters. The van der Waals surface area contributed by atoms with Gasteiger partial charge in [-0.25, -0.2) is 4.79 Å². The number of hydrogen-bond donors (Lipinski definition) is 2. The molecule has 2 N–H and O–H groups in total. The van der Waals surface area contributed by atoms with E-state index in [2.05, 4.69) is 0 Å². The van der Waals surface area contributed by atoms with Gasteiger partial charge in [0.05, 0.1) is 5.56 Å². The van der Waals surface area contributed by atoms with Crippen molar-refractivity contribution in [2.45, 2.75) is 17.2 Å². The number of hydrogen-bond acceptors (Lipinski definition) is 3. The quantitative estimate of drug-likeness (QED) is 0.822. The third-order valence-corrected chi connectivity index (χ3v) is 3.04.